The van der Waals surface area contributed by atoms with Crippen LogP contribution in [-0.4, -0.2) is 227 Å². The van der Waals surface area contributed by atoms with Gasteiger partial charge in [0.2, 0.25) is 47.3 Å². The molecule has 0 saturated carbocycles. The van der Waals surface area contributed by atoms with Crippen LogP contribution in [0.3, 0.4) is 0 Å². The summed E-state index contributed by atoms with van der Waals surface area (Å²) in [6.07, 6.45) is 2.20. The molecule has 5 heterocycles. The Morgan fingerprint density at radius 3 is 1.26 bits per heavy atom. The summed E-state index contributed by atoms with van der Waals surface area (Å²) in [5.41, 5.74) is 1.90. The summed E-state index contributed by atoms with van der Waals surface area (Å²) >= 11 is 0. The van der Waals surface area contributed by atoms with Crippen molar-refractivity contribution >= 4 is 92.8 Å². The first-order valence-corrected chi connectivity index (χ1v) is 29.6. The molecule has 3 aliphatic rings. The van der Waals surface area contributed by atoms with E-state index in [1.165, 1.54) is 38.0 Å². The van der Waals surface area contributed by atoms with Gasteiger partial charge in [-0.3, -0.25) is 47.9 Å². The maximum Gasteiger partial charge on any atom is 0.329 e. The Morgan fingerprint density at radius 2 is 0.899 bits per heavy atom. The van der Waals surface area contributed by atoms with E-state index in [0.29, 0.717) is 47.8 Å². The summed E-state index contributed by atoms with van der Waals surface area (Å²) in [6.45, 7) is 6.12. The van der Waals surface area contributed by atoms with Gasteiger partial charge in [0.05, 0.1) is 37.2 Å². The molecule has 26 nitrogen and oxygen atoms in total. The van der Waals surface area contributed by atoms with Crippen molar-refractivity contribution in [3.05, 3.63) is 83.2 Å². The van der Waals surface area contributed by atoms with E-state index in [1.54, 1.807) is 77.9 Å². The average molecular weight is 1230 g/mol. The smallest absolute Gasteiger partial charge is 0.329 e. The number of piperidine rings is 2. The largest absolute Gasteiger partial charge is 0.461 e. The highest BCUT2D eigenvalue weighted by molar-refractivity contribution is 6.02. The Balaban J connectivity index is 0.0000126. The van der Waals surface area contributed by atoms with Gasteiger partial charge in [0.25, 0.3) is 11.8 Å². The number of hydrogen-bond donors (Lipinski definition) is 4. The van der Waals surface area contributed by atoms with Gasteiger partial charge in [0, 0.05) is 52.1 Å². The van der Waals surface area contributed by atoms with Gasteiger partial charge in [-0.1, -0.05) is 71.5 Å². The standard InChI is InChI=1S/C62H80N12O14.CH4/c1-35(2)53-61(85)87-33-43(67-57(81)51-37(5)27-39-19-11-13-21-41(39)65-51)59(83)73-25-17-15-23-45(73)55(79)64-30-48(76)70(8)32-50(78)72(10)54(36(3)4)62(86)88-34-44(68-58(82)52-38(6)28-40-20-12-14-22-42(40)66-52)60(84)74-26-18-16-24-46(74)56(80)63-29-47(75)69(7)31-49(77)71(53)9;/h11-14,19-22,27-28,35-36,43-46,53-54H,15-18,23-26,29-34H2,1-10H3,(H,63,80)(H,64,79)(H,67,81)(H,68,82);1H4/t43-,44-,45+,46+,53+,54+;/m1./s1. The summed E-state index contributed by atoms with van der Waals surface area (Å²) in [6, 6.07) is 9.59. The van der Waals surface area contributed by atoms with Gasteiger partial charge in [-0.25, -0.2) is 19.6 Å². The van der Waals surface area contributed by atoms with Crippen LogP contribution in [0.5, 0.6) is 0 Å². The molecule has 480 valence electrons. The number of ether oxygens (including phenoxy) is 2. The van der Waals surface area contributed by atoms with Crippen molar-refractivity contribution in [2.24, 2.45) is 11.8 Å². The van der Waals surface area contributed by atoms with E-state index in [9.17, 15) is 57.5 Å². The molecule has 3 aliphatic heterocycles. The van der Waals surface area contributed by atoms with Gasteiger partial charge < -0.3 is 60.1 Å². The molecule has 0 spiro atoms. The quantitative estimate of drug-likeness (QED) is 0.200. The zero-order valence-corrected chi connectivity index (χ0v) is 51.6. The van der Waals surface area contributed by atoms with Gasteiger partial charge in [-0.15, -0.1) is 0 Å². The Bertz CT molecular complexity index is 3140. The third kappa shape index (κ3) is 16.8. The van der Waals surface area contributed by atoms with Gasteiger partial charge >= 0.3 is 11.9 Å². The van der Waals surface area contributed by atoms with Crippen LogP contribution in [0.2, 0.25) is 0 Å². The van der Waals surface area contributed by atoms with Gasteiger partial charge in [-0.05, 0) is 99.6 Å². The van der Waals surface area contributed by atoms with Crippen molar-refractivity contribution in [1.82, 2.24) is 60.6 Å². The molecule has 0 bridgehead atoms. The van der Waals surface area contributed by atoms with Crippen LogP contribution in [0.25, 0.3) is 21.8 Å². The lowest BCUT2D eigenvalue weighted by Gasteiger charge is -2.37. The fraction of sp³-hybridized carbons (Fsp3) is 0.524. The van der Waals surface area contributed by atoms with Crippen LogP contribution < -0.4 is 21.3 Å². The number of nitrogens with one attached hydrogen (secondary N) is 4. The number of amides is 10. The molecule has 4 N–H and O–H groups in total. The number of para-hydroxylation sites is 2. The molecule has 0 aliphatic carbocycles. The van der Waals surface area contributed by atoms with Crippen LogP contribution in [-0.2, 0) is 57.4 Å². The van der Waals surface area contributed by atoms with Crippen LogP contribution in [0.1, 0.15) is 106 Å². The molecule has 0 unspecified atom stereocenters. The molecule has 6 atom stereocenters. The highest BCUT2D eigenvalue weighted by Gasteiger charge is 2.42. The Hall–Kier alpha value is -9.10. The highest BCUT2D eigenvalue weighted by atomic mass is 16.5. The number of esters is 2. The van der Waals surface area contributed by atoms with E-state index in [4.69, 9.17) is 9.47 Å². The zero-order valence-electron chi connectivity index (χ0n) is 51.6. The molecule has 4 aromatic rings. The lowest BCUT2D eigenvalue weighted by molar-refractivity contribution is -0.159. The first-order chi connectivity index (χ1) is 41.8. The van der Waals surface area contributed by atoms with Gasteiger partial charge in [-0.2, -0.15) is 0 Å². The van der Waals surface area contributed by atoms with Crippen LogP contribution in [0.15, 0.2) is 60.7 Å². The summed E-state index contributed by atoms with van der Waals surface area (Å²) < 4.78 is 11.6. The van der Waals surface area contributed by atoms with Crippen LogP contribution >= 0.6 is 0 Å². The zero-order chi connectivity index (χ0) is 64.3. The van der Waals surface area contributed by atoms with Gasteiger partial charge in [0.15, 0.2) is 0 Å². The number of carbonyl (C=O) groups excluding carboxylic acids is 12. The normalized spacial score (nSPS) is 22.7. The second-order valence-electron chi connectivity index (χ2n) is 23.4. The van der Waals surface area contributed by atoms with Crippen LogP contribution in [0, 0.1) is 25.7 Å². The predicted octanol–water partition coefficient (Wildman–Crippen LogP) is 1.91. The second-order valence-corrected chi connectivity index (χ2v) is 23.4. The minimum atomic E-state index is -1.61. The second kappa shape index (κ2) is 30.7. The number of pyridine rings is 2. The molecular weight excluding hydrogens is 1150 g/mol. The Labute approximate surface area is 518 Å². The topological polar surface area (TPSA) is 317 Å². The summed E-state index contributed by atoms with van der Waals surface area (Å²) in [5, 5.41) is 12.0. The first kappa shape index (κ1) is 69.0. The SMILES string of the molecule is C.Cc1cc2ccccc2nc1C(=O)N[C@@H]1COC(=O)[C@H](C(C)C)N(C)C(=O)CN(C)C(=O)CNC(=O)[C@@H]2CCCCN2C(=O)[C@H](NC(=O)c2nc3ccccc3cc2C)COC(=O)[C@H](C(C)C)N(C)C(=O)CN(C)C(=O)CNC(=O)[C@@H]2CCCCN2C1=O. The average Bonchev–Trinajstić information content (AvgIpc) is 2.38. The van der Waals surface area contributed by atoms with Crippen molar-refractivity contribution in [2.75, 3.05) is 80.7 Å². The molecule has 10 amide bonds. The van der Waals surface area contributed by atoms with E-state index >= 15 is 0 Å². The number of benzene rings is 2. The van der Waals surface area contributed by atoms with E-state index < -0.39 is 158 Å². The Morgan fingerprint density at radius 1 is 0.539 bits per heavy atom. The highest BCUT2D eigenvalue weighted by Crippen LogP contribution is 2.24. The number of rotatable bonds is 6. The molecular formula is C63H84N12O14. The van der Waals surface area contributed by atoms with Crippen molar-refractivity contribution in [2.45, 2.75) is 124 Å². The molecule has 0 radical (unpaired) electrons. The van der Waals surface area contributed by atoms with E-state index in [1.807, 2.05) is 24.3 Å². The van der Waals surface area contributed by atoms with Gasteiger partial charge in [0.1, 0.15) is 60.9 Å². The number of aryl methyl sites for hydroxylation is 2. The number of carbonyl (C=O) groups is 12. The van der Waals surface area contributed by atoms with Crippen molar-refractivity contribution in [1.29, 1.82) is 0 Å². The molecule has 7 rings (SSSR count). The molecule has 3 fully saturated rings. The molecule has 26 heteroatoms. The monoisotopic (exact) mass is 1230 g/mol. The predicted molar refractivity (Wildman–Crippen MR) is 327 cm³/mol. The number of cyclic esters (lactones) is 2. The number of aromatic nitrogens is 2. The number of likely N-dealkylation sites (N-methyl/N-ethyl adjacent to an activating group) is 4. The third-order valence-electron chi connectivity index (χ3n) is 16.2. The van der Waals surface area contributed by atoms with Crippen molar-refractivity contribution in [3.8, 4) is 0 Å². The maximum absolute atomic E-state index is 14.8. The van der Waals surface area contributed by atoms with E-state index in [0.717, 1.165) is 30.4 Å². The third-order valence-corrected chi connectivity index (χ3v) is 16.2. The number of nitrogens with zero attached hydrogens (tertiary/aromatic N) is 8. The maximum atomic E-state index is 14.8. The minimum absolute atomic E-state index is 0. The molecule has 3 saturated heterocycles. The number of hydrogen-bond acceptors (Lipinski definition) is 16. The molecule has 2 aromatic carbocycles. The van der Waals surface area contributed by atoms with Crippen LogP contribution in [0.4, 0.5) is 0 Å². The lowest BCUT2D eigenvalue weighted by Crippen LogP contribution is -2.59. The number of fused-ring (bicyclic) bond motifs is 4. The summed E-state index contributed by atoms with van der Waals surface area (Å²) in [4.78, 5) is 186. The first-order valence-electron chi connectivity index (χ1n) is 29.6. The van der Waals surface area contributed by atoms with E-state index in [2.05, 4.69) is 31.2 Å². The van der Waals surface area contributed by atoms with Crippen molar-refractivity contribution in [3.63, 3.8) is 0 Å². The summed E-state index contributed by atoms with van der Waals surface area (Å²) in [5.74, 6) is -10.6. The fourth-order valence-corrected chi connectivity index (χ4v) is 11.2. The lowest BCUT2D eigenvalue weighted by atomic mass is 10.00. The molecule has 89 heavy (non-hydrogen) atoms. The Kier molecular flexibility index (Phi) is 23.8. The molecule has 2 aromatic heterocycles. The minimum Gasteiger partial charge on any atom is -0.461 e. The van der Waals surface area contributed by atoms with Crippen molar-refractivity contribution < 1.29 is 67.0 Å². The summed E-state index contributed by atoms with van der Waals surface area (Å²) in [7, 11) is 5.31. The van der Waals surface area contributed by atoms with E-state index in [-0.39, 0.29) is 44.7 Å². The fourth-order valence-electron chi connectivity index (χ4n) is 11.2.